The molecule has 1 aromatic rings. The van der Waals surface area contributed by atoms with E-state index in [1.54, 1.807) is 12.1 Å². The molecule has 0 aromatic heterocycles. The Hall–Kier alpha value is -1.71. The topological polar surface area (TPSA) is 55.8 Å². The van der Waals surface area contributed by atoms with Crippen LogP contribution in [0.3, 0.4) is 0 Å². The molecule has 0 radical (unpaired) electrons. The Morgan fingerprint density at radius 3 is 1.61 bits per heavy atom. The molecule has 0 aliphatic heterocycles. The number of aldehydes is 1. The molecule has 0 saturated heterocycles. The second kappa shape index (κ2) is 19.0. The third-order valence-electron chi connectivity index (χ3n) is 5.75. The molecule has 0 amide bonds. The van der Waals surface area contributed by atoms with Gasteiger partial charge in [0.1, 0.15) is 0 Å². The average Bonchev–Trinajstić information content (AvgIpc) is 2.78. The van der Waals surface area contributed by atoms with Crippen molar-refractivity contribution in [2.24, 2.45) is 0 Å². The number of phenols is 1. The maximum absolute atomic E-state index is 11.2. The van der Waals surface area contributed by atoms with Gasteiger partial charge in [-0.25, -0.2) is 0 Å². The molecule has 0 unspecified atom stereocenters. The van der Waals surface area contributed by atoms with Gasteiger partial charge in [0.2, 0.25) is 5.75 Å². The molecule has 1 aromatic carbocycles. The van der Waals surface area contributed by atoms with Crippen LogP contribution in [0, 0.1) is 0 Å². The zero-order valence-corrected chi connectivity index (χ0v) is 20.1. The lowest BCUT2D eigenvalue weighted by atomic mass is 10.1. The Labute approximate surface area is 190 Å². The predicted octanol–water partition coefficient (Wildman–Crippen LogP) is 8.24. The van der Waals surface area contributed by atoms with Crippen LogP contribution in [0.4, 0.5) is 0 Å². The lowest BCUT2D eigenvalue weighted by Gasteiger charge is -2.15. The van der Waals surface area contributed by atoms with E-state index in [0.717, 1.165) is 25.7 Å². The molecule has 1 N–H and O–H groups in total. The Morgan fingerprint density at radius 1 is 0.677 bits per heavy atom. The molecule has 0 aliphatic carbocycles. The van der Waals surface area contributed by atoms with Gasteiger partial charge in [0.05, 0.1) is 18.8 Å². The molecular formula is C27H46O4. The van der Waals surface area contributed by atoms with Crippen molar-refractivity contribution in [3.63, 3.8) is 0 Å². The van der Waals surface area contributed by atoms with Gasteiger partial charge < -0.3 is 14.6 Å². The van der Waals surface area contributed by atoms with Crippen LogP contribution in [0.1, 0.15) is 127 Å². The highest BCUT2D eigenvalue weighted by Gasteiger charge is 2.15. The molecular weight excluding hydrogens is 388 g/mol. The van der Waals surface area contributed by atoms with Crippen molar-refractivity contribution in [3.8, 4) is 17.2 Å². The van der Waals surface area contributed by atoms with Gasteiger partial charge in [0.25, 0.3) is 0 Å². The van der Waals surface area contributed by atoms with Crippen LogP contribution in [0.25, 0.3) is 0 Å². The van der Waals surface area contributed by atoms with Crippen molar-refractivity contribution in [1.29, 1.82) is 0 Å². The molecule has 0 aliphatic rings. The van der Waals surface area contributed by atoms with Crippen LogP contribution >= 0.6 is 0 Å². The summed E-state index contributed by atoms with van der Waals surface area (Å²) in [6, 6.07) is 3.33. The van der Waals surface area contributed by atoms with Crippen molar-refractivity contribution in [3.05, 3.63) is 17.7 Å². The van der Waals surface area contributed by atoms with E-state index in [2.05, 4.69) is 13.8 Å². The van der Waals surface area contributed by atoms with Crippen molar-refractivity contribution in [2.45, 2.75) is 117 Å². The summed E-state index contributed by atoms with van der Waals surface area (Å²) in [5, 5.41) is 10.4. The van der Waals surface area contributed by atoms with Crippen LogP contribution < -0.4 is 9.47 Å². The number of unbranched alkanes of at least 4 members (excludes halogenated alkanes) is 14. The molecule has 0 atom stereocenters. The largest absolute Gasteiger partial charge is 0.504 e. The summed E-state index contributed by atoms with van der Waals surface area (Å²) in [5.41, 5.74) is 0.241. The first-order valence-electron chi connectivity index (χ1n) is 12.8. The Bertz CT molecular complexity index is 571. The number of ether oxygens (including phenoxy) is 2. The van der Waals surface area contributed by atoms with Crippen LogP contribution in [0.2, 0.25) is 0 Å². The number of benzene rings is 1. The van der Waals surface area contributed by atoms with Crippen LogP contribution in [0.15, 0.2) is 12.1 Å². The third kappa shape index (κ3) is 12.7. The fourth-order valence-corrected chi connectivity index (χ4v) is 3.74. The number of carbonyl (C=O) groups is 1. The van der Waals surface area contributed by atoms with Gasteiger partial charge >= 0.3 is 0 Å². The number of phenolic OH excluding ortho intramolecular Hbond substituents is 1. The molecule has 0 bridgehead atoms. The van der Waals surface area contributed by atoms with Crippen LogP contribution in [-0.4, -0.2) is 24.6 Å². The fourth-order valence-electron chi connectivity index (χ4n) is 3.74. The summed E-state index contributed by atoms with van der Waals surface area (Å²) in [5.74, 6) is 0.737. The van der Waals surface area contributed by atoms with E-state index < -0.39 is 0 Å². The average molecular weight is 435 g/mol. The Kier molecular flexibility index (Phi) is 16.8. The van der Waals surface area contributed by atoms with Crippen molar-refractivity contribution in [2.75, 3.05) is 13.2 Å². The lowest BCUT2D eigenvalue weighted by molar-refractivity contribution is 0.112. The van der Waals surface area contributed by atoms with Gasteiger partial charge in [0.15, 0.2) is 17.8 Å². The number of aromatic hydroxyl groups is 1. The van der Waals surface area contributed by atoms with Gasteiger partial charge in [-0.2, -0.15) is 0 Å². The van der Waals surface area contributed by atoms with E-state index in [0.29, 0.717) is 31.0 Å². The summed E-state index contributed by atoms with van der Waals surface area (Å²) >= 11 is 0. The normalized spacial score (nSPS) is 10.9. The molecule has 0 heterocycles. The maximum Gasteiger partial charge on any atom is 0.204 e. The summed E-state index contributed by atoms with van der Waals surface area (Å²) in [6.07, 6.45) is 20.4. The molecule has 0 saturated carbocycles. The van der Waals surface area contributed by atoms with E-state index in [4.69, 9.17) is 9.47 Å². The second-order valence-corrected chi connectivity index (χ2v) is 8.60. The first-order chi connectivity index (χ1) is 15.2. The van der Waals surface area contributed by atoms with E-state index >= 15 is 0 Å². The number of hydrogen-bond acceptors (Lipinski definition) is 4. The summed E-state index contributed by atoms with van der Waals surface area (Å²) in [6.45, 7) is 5.60. The standard InChI is InChI=1S/C27H46O4/c1-3-5-7-9-11-13-15-17-21-30-25-20-19-24(23-28)26(29)27(25)31-22-18-16-14-12-10-8-6-4-2/h19-20,23,29H,3-18,21-22H2,1-2H3. The van der Waals surface area contributed by atoms with E-state index in [1.165, 1.54) is 77.0 Å². The van der Waals surface area contributed by atoms with E-state index in [9.17, 15) is 9.90 Å². The Morgan fingerprint density at radius 2 is 1.13 bits per heavy atom. The Balaban J connectivity index is 2.33. The molecule has 1 rings (SSSR count). The molecule has 0 spiro atoms. The summed E-state index contributed by atoms with van der Waals surface area (Å²) in [7, 11) is 0. The van der Waals surface area contributed by atoms with Crippen molar-refractivity contribution in [1.82, 2.24) is 0 Å². The minimum Gasteiger partial charge on any atom is -0.504 e. The molecule has 0 fully saturated rings. The van der Waals surface area contributed by atoms with Gasteiger partial charge in [-0.1, -0.05) is 104 Å². The van der Waals surface area contributed by atoms with Gasteiger partial charge in [-0.15, -0.1) is 0 Å². The first kappa shape index (κ1) is 27.3. The summed E-state index contributed by atoms with van der Waals surface area (Å²) in [4.78, 5) is 11.2. The molecule has 4 nitrogen and oxygen atoms in total. The quantitative estimate of drug-likeness (QED) is 0.156. The molecule has 31 heavy (non-hydrogen) atoms. The molecule has 178 valence electrons. The number of carbonyl (C=O) groups excluding carboxylic acids is 1. The highest BCUT2D eigenvalue weighted by atomic mass is 16.5. The highest BCUT2D eigenvalue weighted by molar-refractivity contribution is 5.82. The van der Waals surface area contributed by atoms with Gasteiger partial charge in [0, 0.05) is 0 Å². The third-order valence-corrected chi connectivity index (χ3v) is 5.75. The second-order valence-electron chi connectivity index (χ2n) is 8.60. The highest BCUT2D eigenvalue weighted by Crippen LogP contribution is 2.39. The van der Waals surface area contributed by atoms with E-state index in [1.807, 2.05) is 0 Å². The predicted molar refractivity (Wildman–Crippen MR) is 130 cm³/mol. The smallest absolute Gasteiger partial charge is 0.204 e. The SMILES string of the molecule is CCCCCCCCCCOc1ccc(C=O)c(O)c1OCCCCCCCCCC. The van der Waals surface area contributed by atoms with Crippen molar-refractivity contribution >= 4 is 6.29 Å². The zero-order valence-electron chi connectivity index (χ0n) is 20.1. The fraction of sp³-hybridized carbons (Fsp3) is 0.741. The minimum atomic E-state index is -0.108. The van der Waals surface area contributed by atoms with E-state index in [-0.39, 0.29) is 11.3 Å². The maximum atomic E-state index is 11.2. The monoisotopic (exact) mass is 434 g/mol. The number of hydrogen-bond donors (Lipinski definition) is 1. The van der Waals surface area contributed by atoms with Crippen LogP contribution in [0.5, 0.6) is 17.2 Å². The molecule has 4 heteroatoms. The van der Waals surface area contributed by atoms with Gasteiger partial charge in [-0.3, -0.25) is 4.79 Å². The first-order valence-corrected chi connectivity index (χ1v) is 12.8. The lowest BCUT2D eigenvalue weighted by Crippen LogP contribution is -2.04. The minimum absolute atomic E-state index is 0.108. The zero-order chi connectivity index (χ0) is 22.6. The number of rotatable bonds is 21. The van der Waals surface area contributed by atoms with Crippen molar-refractivity contribution < 1.29 is 19.4 Å². The van der Waals surface area contributed by atoms with Gasteiger partial charge in [-0.05, 0) is 25.0 Å². The summed E-state index contributed by atoms with van der Waals surface area (Å²) < 4.78 is 11.7. The van der Waals surface area contributed by atoms with Crippen LogP contribution in [-0.2, 0) is 0 Å².